The summed E-state index contributed by atoms with van der Waals surface area (Å²) in [6.07, 6.45) is 0. The Hall–Kier alpha value is -3.10. The normalized spacial score (nSPS) is 11.3. The molecule has 0 aliphatic carbocycles. The lowest BCUT2D eigenvalue weighted by Crippen LogP contribution is -1.97. The van der Waals surface area contributed by atoms with Crippen molar-refractivity contribution in [2.24, 2.45) is 0 Å². The average molecular weight is 355 g/mol. The zero-order chi connectivity index (χ0) is 17.5. The van der Waals surface area contributed by atoms with Crippen molar-refractivity contribution in [2.75, 3.05) is 0 Å². The van der Waals surface area contributed by atoms with Crippen molar-refractivity contribution in [3.05, 3.63) is 96.0 Å². The van der Waals surface area contributed by atoms with Gasteiger partial charge in [0.15, 0.2) is 0 Å². The summed E-state index contributed by atoms with van der Waals surface area (Å²) in [6, 6.07) is 30.9. The van der Waals surface area contributed by atoms with Crippen molar-refractivity contribution in [3.63, 3.8) is 0 Å². The van der Waals surface area contributed by atoms with Gasteiger partial charge in [-0.05, 0) is 47.2 Å². The van der Waals surface area contributed by atoms with E-state index in [1.54, 1.807) is 0 Å². The van der Waals surface area contributed by atoms with Crippen molar-refractivity contribution in [2.45, 2.75) is 0 Å². The van der Waals surface area contributed by atoms with Crippen molar-refractivity contribution in [3.8, 4) is 17.1 Å². The minimum atomic E-state index is 0.742. The highest BCUT2D eigenvalue weighted by atomic mass is 35.5. The van der Waals surface area contributed by atoms with Crippen LogP contribution in [0, 0.1) is 0 Å². The fourth-order valence-electron chi connectivity index (χ4n) is 3.41. The number of para-hydroxylation sites is 1. The lowest BCUT2D eigenvalue weighted by Gasteiger charge is -2.10. The van der Waals surface area contributed by atoms with E-state index in [-0.39, 0.29) is 0 Å². The molecule has 4 aromatic carbocycles. The maximum absolute atomic E-state index is 6.21. The molecule has 1 heterocycles. The number of hydrogen-bond donors (Lipinski definition) is 0. The molecule has 0 radical (unpaired) electrons. The van der Waals surface area contributed by atoms with E-state index in [1.807, 2.05) is 54.6 Å². The van der Waals surface area contributed by atoms with Crippen LogP contribution in [0.4, 0.5) is 0 Å². The van der Waals surface area contributed by atoms with Gasteiger partial charge in [-0.3, -0.25) is 4.57 Å². The fourth-order valence-corrected chi connectivity index (χ4v) is 3.59. The number of fused-ring (bicyclic) bond motifs is 2. The summed E-state index contributed by atoms with van der Waals surface area (Å²) < 4.78 is 2.21. The molecule has 124 valence electrons. The summed E-state index contributed by atoms with van der Waals surface area (Å²) in [5.41, 5.74) is 4.23. The first-order valence-corrected chi connectivity index (χ1v) is 8.90. The molecule has 26 heavy (non-hydrogen) atoms. The zero-order valence-electron chi connectivity index (χ0n) is 13.9. The SMILES string of the molecule is Clc1ccc2cc3nc(-c4ccccc4)n(-c4ccccc4)c3cc2c1. The van der Waals surface area contributed by atoms with Crippen LogP contribution in [0.3, 0.4) is 0 Å². The van der Waals surface area contributed by atoms with Gasteiger partial charge in [-0.1, -0.05) is 66.2 Å². The molecular formula is C23H15ClN2. The van der Waals surface area contributed by atoms with Crippen LogP contribution in [0.15, 0.2) is 91.0 Å². The Kier molecular flexibility index (Phi) is 3.51. The van der Waals surface area contributed by atoms with Gasteiger partial charge in [0.25, 0.3) is 0 Å². The van der Waals surface area contributed by atoms with E-state index < -0.39 is 0 Å². The molecule has 5 aromatic rings. The van der Waals surface area contributed by atoms with E-state index in [0.717, 1.165) is 43.9 Å². The number of rotatable bonds is 2. The molecule has 0 unspecified atom stereocenters. The standard InChI is InChI=1S/C23H15ClN2/c24-19-12-11-17-14-21-22(15-18(17)13-19)26(20-9-5-2-6-10-20)23(25-21)16-7-3-1-4-8-16/h1-15H. The van der Waals surface area contributed by atoms with Crippen LogP contribution in [0.5, 0.6) is 0 Å². The van der Waals surface area contributed by atoms with Gasteiger partial charge in [0.1, 0.15) is 5.82 Å². The van der Waals surface area contributed by atoms with Gasteiger partial charge in [0.05, 0.1) is 11.0 Å². The Bertz CT molecular complexity index is 1230. The second-order valence-corrected chi connectivity index (χ2v) is 6.74. The van der Waals surface area contributed by atoms with Gasteiger partial charge in [-0.25, -0.2) is 4.98 Å². The van der Waals surface area contributed by atoms with Gasteiger partial charge < -0.3 is 0 Å². The highest BCUT2D eigenvalue weighted by molar-refractivity contribution is 6.31. The molecule has 0 spiro atoms. The molecule has 1 aromatic heterocycles. The third-order valence-electron chi connectivity index (χ3n) is 4.62. The van der Waals surface area contributed by atoms with Gasteiger partial charge in [-0.15, -0.1) is 0 Å². The monoisotopic (exact) mass is 354 g/mol. The Morgan fingerprint density at radius 1 is 0.692 bits per heavy atom. The summed E-state index contributed by atoms with van der Waals surface area (Å²) in [6.45, 7) is 0. The minimum absolute atomic E-state index is 0.742. The summed E-state index contributed by atoms with van der Waals surface area (Å²) in [7, 11) is 0. The Balaban J connectivity index is 1.90. The molecular weight excluding hydrogens is 340 g/mol. The quantitative estimate of drug-likeness (QED) is 0.354. The number of benzene rings is 4. The van der Waals surface area contributed by atoms with Crippen molar-refractivity contribution in [1.29, 1.82) is 0 Å². The van der Waals surface area contributed by atoms with Crippen LogP contribution >= 0.6 is 11.6 Å². The average Bonchev–Trinajstić information content (AvgIpc) is 3.06. The second kappa shape index (κ2) is 6.01. The molecule has 0 saturated heterocycles. The second-order valence-electron chi connectivity index (χ2n) is 6.30. The molecule has 0 amide bonds. The van der Waals surface area contributed by atoms with Crippen LogP contribution in [-0.4, -0.2) is 9.55 Å². The van der Waals surface area contributed by atoms with Crippen LogP contribution in [0.2, 0.25) is 5.02 Å². The third kappa shape index (κ3) is 2.47. The first-order valence-electron chi connectivity index (χ1n) is 8.52. The number of nitrogens with zero attached hydrogens (tertiary/aromatic N) is 2. The lowest BCUT2D eigenvalue weighted by molar-refractivity contribution is 1.10. The smallest absolute Gasteiger partial charge is 0.145 e. The number of halogens is 1. The highest BCUT2D eigenvalue weighted by Gasteiger charge is 2.15. The summed E-state index contributed by atoms with van der Waals surface area (Å²) in [4.78, 5) is 4.96. The summed E-state index contributed by atoms with van der Waals surface area (Å²) >= 11 is 6.21. The molecule has 0 aliphatic rings. The lowest BCUT2D eigenvalue weighted by atomic mass is 10.1. The predicted molar refractivity (Wildman–Crippen MR) is 109 cm³/mol. The van der Waals surface area contributed by atoms with Gasteiger partial charge in [0.2, 0.25) is 0 Å². The van der Waals surface area contributed by atoms with Crippen LogP contribution < -0.4 is 0 Å². The minimum Gasteiger partial charge on any atom is -0.292 e. The molecule has 0 saturated carbocycles. The molecule has 0 atom stereocenters. The predicted octanol–water partition coefficient (Wildman–Crippen LogP) is 6.50. The largest absolute Gasteiger partial charge is 0.292 e. The molecule has 2 nitrogen and oxygen atoms in total. The Morgan fingerprint density at radius 2 is 1.42 bits per heavy atom. The van der Waals surface area contributed by atoms with Crippen molar-refractivity contribution < 1.29 is 0 Å². The molecule has 0 N–H and O–H groups in total. The van der Waals surface area contributed by atoms with Crippen LogP contribution in [0.25, 0.3) is 38.9 Å². The first-order chi connectivity index (χ1) is 12.8. The Labute approximate surface area is 156 Å². The van der Waals surface area contributed by atoms with Gasteiger partial charge in [-0.2, -0.15) is 0 Å². The van der Waals surface area contributed by atoms with Crippen molar-refractivity contribution in [1.82, 2.24) is 9.55 Å². The molecule has 0 aliphatic heterocycles. The summed E-state index contributed by atoms with van der Waals surface area (Å²) in [5, 5.41) is 2.99. The molecule has 5 rings (SSSR count). The van der Waals surface area contributed by atoms with E-state index in [1.165, 1.54) is 0 Å². The fraction of sp³-hybridized carbons (Fsp3) is 0. The van der Waals surface area contributed by atoms with Gasteiger partial charge >= 0.3 is 0 Å². The van der Waals surface area contributed by atoms with E-state index in [4.69, 9.17) is 16.6 Å². The number of aromatic nitrogens is 2. The number of hydrogen-bond acceptors (Lipinski definition) is 1. The highest BCUT2D eigenvalue weighted by Crippen LogP contribution is 2.32. The molecule has 0 bridgehead atoms. The maximum Gasteiger partial charge on any atom is 0.145 e. The van der Waals surface area contributed by atoms with E-state index >= 15 is 0 Å². The van der Waals surface area contributed by atoms with Gasteiger partial charge in [0, 0.05) is 16.3 Å². The van der Waals surface area contributed by atoms with Crippen LogP contribution in [-0.2, 0) is 0 Å². The number of imidazole rings is 1. The molecule has 0 fully saturated rings. The summed E-state index contributed by atoms with van der Waals surface area (Å²) in [5.74, 6) is 0.938. The van der Waals surface area contributed by atoms with E-state index in [0.29, 0.717) is 0 Å². The third-order valence-corrected chi connectivity index (χ3v) is 4.86. The van der Waals surface area contributed by atoms with E-state index in [2.05, 4.69) is 41.0 Å². The Morgan fingerprint density at radius 3 is 2.19 bits per heavy atom. The molecule has 3 heteroatoms. The zero-order valence-corrected chi connectivity index (χ0v) is 14.7. The van der Waals surface area contributed by atoms with Crippen LogP contribution in [0.1, 0.15) is 0 Å². The topological polar surface area (TPSA) is 17.8 Å². The first kappa shape index (κ1) is 15.2. The maximum atomic E-state index is 6.21. The van der Waals surface area contributed by atoms with E-state index in [9.17, 15) is 0 Å². The van der Waals surface area contributed by atoms with Crippen molar-refractivity contribution >= 4 is 33.4 Å².